The van der Waals surface area contributed by atoms with Crippen LogP contribution in [0, 0.1) is 0 Å². The number of rotatable bonds is 7. The van der Waals surface area contributed by atoms with Crippen molar-refractivity contribution in [3.63, 3.8) is 0 Å². The monoisotopic (exact) mass is 354 g/mol. The van der Waals surface area contributed by atoms with Crippen molar-refractivity contribution in [3.05, 3.63) is 40.6 Å². The molecule has 0 fully saturated rings. The van der Waals surface area contributed by atoms with Gasteiger partial charge in [-0.2, -0.15) is 0 Å². The fourth-order valence-electron chi connectivity index (χ4n) is 1.92. The number of hydrogen-bond acceptors (Lipinski definition) is 4. The Morgan fingerprint density at radius 3 is 2.95 bits per heavy atom. The van der Waals surface area contributed by atoms with Gasteiger partial charge in [0.2, 0.25) is 0 Å². The number of thioether (sulfide) groups is 1. The van der Waals surface area contributed by atoms with Crippen molar-refractivity contribution in [2.75, 3.05) is 12.3 Å². The van der Waals surface area contributed by atoms with Crippen LogP contribution in [0.5, 0.6) is 0 Å². The van der Waals surface area contributed by atoms with Gasteiger partial charge in [-0.15, -0.1) is 16.9 Å². The summed E-state index contributed by atoms with van der Waals surface area (Å²) in [5, 5.41) is 11.6. The van der Waals surface area contributed by atoms with Crippen molar-refractivity contribution >= 4 is 27.7 Å². The van der Waals surface area contributed by atoms with E-state index < -0.39 is 0 Å². The third-order valence-electron chi connectivity index (χ3n) is 2.96. The van der Waals surface area contributed by atoms with Crippen molar-refractivity contribution in [1.82, 2.24) is 20.3 Å². The van der Waals surface area contributed by atoms with Crippen LogP contribution in [0.25, 0.3) is 0 Å². The second-order valence-corrected chi connectivity index (χ2v) is 6.57. The topological polar surface area (TPSA) is 42.7 Å². The Hall–Kier alpha value is -0.850. The molecule has 1 aromatic heterocycles. The second-order valence-electron chi connectivity index (χ2n) is 4.56. The average molecular weight is 355 g/mol. The number of aryl methyl sites for hydroxylation is 1. The summed E-state index contributed by atoms with van der Waals surface area (Å²) in [6.45, 7) is 3.17. The van der Waals surface area contributed by atoms with E-state index in [1.807, 2.05) is 35.8 Å². The minimum Gasteiger partial charge on any atom is -0.308 e. The van der Waals surface area contributed by atoms with Gasteiger partial charge in [-0.05, 0) is 31.2 Å². The smallest absolute Gasteiger partial charge is 0.0761 e. The molecule has 0 amide bonds. The number of nitrogens with zero attached hydrogens (tertiary/aromatic N) is 3. The molecule has 0 aliphatic rings. The van der Waals surface area contributed by atoms with Gasteiger partial charge in [0.1, 0.15) is 0 Å². The van der Waals surface area contributed by atoms with E-state index in [9.17, 15) is 0 Å². The zero-order chi connectivity index (χ0) is 14.4. The number of benzene rings is 1. The number of hydrogen-bond donors (Lipinski definition) is 1. The quantitative estimate of drug-likeness (QED) is 0.773. The van der Waals surface area contributed by atoms with Crippen molar-refractivity contribution in [3.8, 4) is 0 Å². The molecule has 0 saturated carbocycles. The molecule has 108 valence electrons. The molecular formula is C14H19BrN4S. The first kappa shape index (κ1) is 15.5. The summed E-state index contributed by atoms with van der Waals surface area (Å²) in [6, 6.07) is 8.64. The van der Waals surface area contributed by atoms with Gasteiger partial charge < -0.3 is 5.32 Å². The molecule has 0 bridgehead atoms. The Labute approximate surface area is 132 Å². The third-order valence-corrected chi connectivity index (χ3v) is 4.54. The Kier molecular flexibility index (Phi) is 6.06. The SMILES string of the molecule is CCCNC(CSc1cccc(Br)c1)c1cnnn1C. The van der Waals surface area contributed by atoms with E-state index in [2.05, 4.69) is 56.7 Å². The molecule has 6 heteroatoms. The summed E-state index contributed by atoms with van der Waals surface area (Å²) in [5.74, 6) is 0.956. The maximum Gasteiger partial charge on any atom is 0.0761 e. The van der Waals surface area contributed by atoms with E-state index in [0.29, 0.717) is 0 Å². The predicted octanol–water partition coefficient (Wildman–Crippen LogP) is 3.41. The molecule has 1 atom stereocenters. The van der Waals surface area contributed by atoms with Crippen LogP contribution in [0.1, 0.15) is 25.1 Å². The Bertz CT molecular complexity index is 543. The van der Waals surface area contributed by atoms with Crippen molar-refractivity contribution in [1.29, 1.82) is 0 Å². The van der Waals surface area contributed by atoms with Gasteiger partial charge in [0.05, 0.1) is 17.9 Å². The minimum absolute atomic E-state index is 0.263. The molecule has 0 aliphatic heterocycles. The highest BCUT2D eigenvalue weighted by Gasteiger charge is 2.15. The molecule has 2 aromatic rings. The molecule has 4 nitrogen and oxygen atoms in total. The van der Waals surface area contributed by atoms with Crippen LogP contribution in [-0.4, -0.2) is 27.3 Å². The van der Waals surface area contributed by atoms with E-state index in [1.165, 1.54) is 4.90 Å². The summed E-state index contributed by atoms with van der Waals surface area (Å²) in [7, 11) is 1.94. The maximum absolute atomic E-state index is 4.02. The van der Waals surface area contributed by atoms with Crippen LogP contribution < -0.4 is 5.32 Å². The normalized spacial score (nSPS) is 12.6. The van der Waals surface area contributed by atoms with E-state index in [-0.39, 0.29) is 6.04 Å². The number of aromatic nitrogens is 3. The fraction of sp³-hybridized carbons (Fsp3) is 0.429. The molecule has 0 radical (unpaired) electrons. The highest BCUT2D eigenvalue weighted by atomic mass is 79.9. The summed E-state index contributed by atoms with van der Waals surface area (Å²) in [4.78, 5) is 1.26. The molecule has 20 heavy (non-hydrogen) atoms. The number of nitrogens with one attached hydrogen (secondary N) is 1. The lowest BCUT2D eigenvalue weighted by Crippen LogP contribution is -2.26. The van der Waals surface area contributed by atoms with Crippen molar-refractivity contribution in [2.45, 2.75) is 24.3 Å². The Morgan fingerprint density at radius 1 is 1.45 bits per heavy atom. The van der Waals surface area contributed by atoms with Crippen LogP contribution in [0.3, 0.4) is 0 Å². The third kappa shape index (κ3) is 4.33. The van der Waals surface area contributed by atoms with Gasteiger partial charge >= 0.3 is 0 Å². The summed E-state index contributed by atoms with van der Waals surface area (Å²) >= 11 is 5.35. The highest BCUT2D eigenvalue weighted by Crippen LogP contribution is 2.26. The zero-order valence-electron chi connectivity index (χ0n) is 11.7. The van der Waals surface area contributed by atoms with Crippen LogP contribution in [0.15, 0.2) is 39.8 Å². The molecule has 0 aliphatic carbocycles. The van der Waals surface area contributed by atoms with Crippen molar-refractivity contribution in [2.24, 2.45) is 7.05 Å². The molecular weight excluding hydrogens is 336 g/mol. The first-order valence-corrected chi connectivity index (χ1v) is 8.45. The highest BCUT2D eigenvalue weighted by molar-refractivity contribution is 9.10. The fourth-order valence-corrected chi connectivity index (χ4v) is 3.50. The van der Waals surface area contributed by atoms with Crippen LogP contribution >= 0.6 is 27.7 Å². The molecule has 1 heterocycles. The summed E-state index contributed by atoms with van der Waals surface area (Å²) in [5.41, 5.74) is 1.13. The Morgan fingerprint density at radius 2 is 2.30 bits per heavy atom. The summed E-state index contributed by atoms with van der Waals surface area (Å²) in [6.07, 6.45) is 2.96. The lowest BCUT2D eigenvalue weighted by Gasteiger charge is -2.17. The molecule has 1 N–H and O–H groups in total. The molecule has 0 saturated heterocycles. The van der Waals surface area contributed by atoms with Gasteiger partial charge in [0.25, 0.3) is 0 Å². The molecule has 1 unspecified atom stereocenters. The molecule has 1 aromatic carbocycles. The number of halogens is 1. The molecule has 2 rings (SSSR count). The minimum atomic E-state index is 0.263. The van der Waals surface area contributed by atoms with Gasteiger partial charge in [-0.3, -0.25) is 4.68 Å². The first-order valence-electron chi connectivity index (χ1n) is 6.67. The first-order chi connectivity index (χ1) is 9.70. The lowest BCUT2D eigenvalue weighted by molar-refractivity contribution is 0.532. The van der Waals surface area contributed by atoms with Crippen LogP contribution in [-0.2, 0) is 7.05 Å². The van der Waals surface area contributed by atoms with Crippen molar-refractivity contribution < 1.29 is 0 Å². The van der Waals surface area contributed by atoms with E-state index in [4.69, 9.17) is 0 Å². The van der Waals surface area contributed by atoms with Gasteiger partial charge in [-0.1, -0.05) is 34.1 Å². The van der Waals surface area contributed by atoms with E-state index in [0.717, 1.165) is 28.9 Å². The van der Waals surface area contributed by atoms with Crippen LogP contribution in [0.4, 0.5) is 0 Å². The van der Waals surface area contributed by atoms with Gasteiger partial charge in [0.15, 0.2) is 0 Å². The largest absolute Gasteiger partial charge is 0.308 e. The zero-order valence-corrected chi connectivity index (χ0v) is 14.1. The van der Waals surface area contributed by atoms with E-state index >= 15 is 0 Å². The Balaban J connectivity index is 2.03. The standard InChI is InChI=1S/C14H19BrN4S/c1-3-7-16-13(14-9-17-18-19(14)2)10-20-12-6-4-5-11(15)8-12/h4-6,8-9,13,16H,3,7,10H2,1-2H3. The van der Waals surface area contributed by atoms with Gasteiger partial charge in [0, 0.05) is 22.2 Å². The predicted molar refractivity (Wildman–Crippen MR) is 86.9 cm³/mol. The van der Waals surface area contributed by atoms with Crippen LogP contribution in [0.2, 0.25) is 0 Å². The maximum atomic E-state index is 4.02. The lowest BCUT2D eigenvalue weighted by atomic mass is 10.2. The average Bonchev–Trinajstić information content (AvgIpc) is 2.85. The summed E-state index contributed by atoms with van der Waals surface area (Å²) < 4.78 is 2.96. The molecule has 0 spiro atoms. The second kappa shape index (κ2) is 7.81. The van der Waals surface area contributed by atoms with Gasteiger partial charge in [-0.25, -0.2) is 0 Å². The van der Waals surface area contributed by atoms with E-state index in [1.54, 1.807) is 0 Å².